The summed E-state index contributed by atoms with van der Waals surface area (Å²) >= 11 is 0. The van der Waals surface area contributed by atoms with Crippen LogP contribution >= 0.6 is 0 Å². The van der Waals surface area contributed by atoms with Crippen molar-refractivity contribution in [3.8, 4) is 0 Å². The second-order valence-electron chi connectivity index (χ2n) is 0. The van der Waals surface area contributed by atoms with Crippen LogP contribution < -0.4 is 166 Å². The van der Waals surface area contributed by atoms with E-state index in [1.165, 1.54) is 0 Å². The molecule has 0 unspecified atom stereocenters. The fourth-order valence-electron chi connectivity index (χ4n) is 0. The van der Waals surface area contributed by atoms with Crippen molar-refractivity contribution in [3.05, 3.63) is 0 Å². The fourth-order valence-corrected chi connectivity index (χ4v) is 0. The quantitative estimate of drug-likeness (QED) is 0.107. The number of rotatable bonds is 0. The van der Waals surface area contributed by atoms with E-state index in [1.807, 2.05) is 0 Å². The first-order valence-corrected chi connectivity index (χ1v) is 0. The molecule has 920 valence electrons. The Kier molecular flexibility index (Phi) is 22800000. The van der Waals surface area contributed by atoms with Crippen LogP contribution in [-0.4, -0.2) is 0 Å². The van der Waals surface area contributed by atoms with Gasteiger partial charge in [-0.05, 0) is 0 Å². The van der Waals surface area contributed by atoms with Crippen molar-refractivity contribution in [2.24, 2.45) is 0 Å². The van der Waals surface area contributed by atoms with Crippen molar-refractivity contribution in [2.45, 2.75) is 654 Å². The normalized spacial score (nSPS) is 1.64. The lowest BCUT2D eigenvalue weighted by Gasteiger charge is -0.345. The zero-order valence-corrected chi connectivity index (χ0v) is 15.6. The van der Waals surface area contributed by atoms with E-state index in [4.69, 9.17) is 38.1 Å². The Morgan fingerprint density at radius 1 is 0.0348 bits per heavy atom. The summed E-state index contributed by atoms with van der Waals surface area (Å²) in [6.45, 7) is 0. The molecule has 0 amide bonds. The summed E-state index contributed by atoms with van der Waals surface area (Å²) in [5.41, 5.74) is 0. The van der Waals surface area contributed by atoms with Gasteiger partial charge in [-0.2, -0.15) is 0 Å². The summed E-state index contributed by atoms with van der Waals surface area (Å²) in [5, 5.41) is 0. The first-order valence-electron chi connectivity index (χ1n) is 15.6. The second kappa shape index (κ2) is 1210000. The van der Waals surface area contributed by atoms with E-state index in [9.17, 15) is 0 Å². The molecule has 0 spiro atoms. The predicted molar refractivity (Wildman–Crippen MR) is 728 cm³/mol. The Hall–Kier alpha value is -1.08. The van der Waals surface area contributed by atoms with Crippen LogP contribution in [0.25, 0.3) is 0 Å². The Morgan fingerprint density at radius 2 is 0.0348 bits per heavy atom. The number of hydrogen-bond donors (Lipinski definition) is 27. The van der Waals surface area contributed by atoms with Gasteiger partial charge in [0.15, 0.2) is 0 Å². The minimum absolute atomic E-state index is 0. The van der Waals surface area contributed by atoms with E-state index in [2.05, 4.69) is 166 Å². The molecule has 0 saturated heterocycles. The van der Waals surface area contributed by atoms with Gasteiger partial charge in [-0.15, -0.1) is 0 Å². The van der Waals surface area contributed by atoms with Gasteiger partial charge < -0.3 is 166 Å². The van der Waals surface area contributed by atoms with Crippen LogP contribution in [0, 0.1) is 0 Å². The lowest BCUT2D eigenvalue weighted by atomic mass is 12.0. The molecule has 0 aromatic rings. The van der Waals surface area contributed by atoms with Crippen LogP contribution in [0.4, 0.5) is 0 Å². The van der Waals surface area contributed by atoms with Crippen LogP contribution in [0.1, 0.15) is 654 Å². The second-order valence-corrected chi connectivity index (χ2v) is 0. The van der Waals surface area contributed by atoms with Gasteiger partial charge >= 0.3 is 0 Å². The average Bonchev–Trinajstić information content (AvgIpc) is 3.42. The highest BCUT2D eigenvalue weighted by molar-refractivity contribution is 2.60. The molecular formula is C88H433N27. The van der Waals surface area contributed by atoms with Gasteiger partial charge in [0.1, 0.15) is 38.1 Å². The minimum Gasteiger partial charge on any atom is -0.344 e. The standard InChI is InChI=1S/88CH4.27H3N/h88*1H4;27*1H3/i/hD27. The highest BCUT2D eigenvalue weighted by Crippen LogP contribution is 0.235. The van der Waals surface area contributed by atoms with Crippen LogP contribution in [0.15, 0.2) is 0 Å². The third-order valence-electron chi connectivity index (χ3n) is 0. The van der Waals surface area contributed by atoms with E-state index in [0.29, 0.717) is 0 Å². The highest BCUT2D eigenvalue weighted by atomic mass is 14.0. The van der Waals surface area contributed by atoms with Gasteiger partial charge in [0, 0.05) is 0 Å². The first kappa shape index (κ1) is 2160. The minimum atomic E-state index is 0. The van der Waals surface area contributed by atoms with Crippen molar-refractivity contribution in [3.63, 3.8) is 0 Å². The Morgan fingerprint density at radius 3 is 0.0348 bits per heavy atom. The molecule has 0 saturated carbocycles. The first-order chi connectivity index (χ1) is 27.0. The molecule has 0 aliphatic rings. The molecule has 0 aliphatic carbocycles. The van der Waals surface area contributed by atoms with Crippen LogP contribution in [-0.2, 0) is 0 Å². The van der Waals surface area contributed by atoms with E-state index < -0.39 is 0 Å². The van der Waals surface area contributed by atoms with E-state index in [0.717, 1.165) is 0 Å². The van der Waals surface area contributed by atoms with E-state index >= 15 is 0 Å². The predicted octanol–water partition coefficient (Wildman–Crippen LogP) is 60.4. The van der Waals surface area contributed by atoms with Gasteiger partial charge in [0.25, 0.3) is 0 Å². The Labute approximate surface area is 855 Å². The van der Waals surface area contributed by atoms with Gasteiger partial charge in [0.2, 0.25) is 0 Å². The smallest absolute Gasteiger partial charge is 0.115 e. The maximum absolute atomic E-state index is 5.25. The molecule has 81 N–H and O–H groups in total. The van der Waals surface area contributed by atoms with E-state index in [1.54, 1.807) is 0 Å². The van der Waals surface area contributed by atoms with Crippen LogP contribution in [0.5, 0.6) is 0 Å². The summed E-state index contributed by atoms with van der Waals surface area (Å²) in [6.07, 6.45) is 101. The fraction of sp³-hybridized carbons (Fsp3) is 1.00. The maximum atomic E-state index is 5.25. The van der Waals surface area contributed by atoms with Gasteiger partial charge in [-0.3, -0.25) is 0 Å². The summed E-state index contributed by atoms with van der Waals surface area (Å²) in [5.74, 6) is 0. The molecule has 0 rings (SSSR count). The van der Waals surface area contributed by atoms with Crippen molar-refractivity contribution in [1.29, 1.82) is 0 Å². The van der Waals surface area contributed by atoms with Crippen molar-refractivity contribution in [2.75, 3.05) is 0 Å². The maximum Gasteiger partial charge on any atom is 0.115 e. The summed E-state index contributed by atoms with van der Waals surface area (Å²) < 4.78 is 142. The lowest BCUT2D eigenvalue weighted by molar-refractivity contribution is 2.13. The lowest BCUT2D eigenvalue weighted by Crippen LogP contribution is -0.482. The largest absolute Gasteiger partial charge is 0.344 e. The zero-order valence-electron chi connectivity index (χ0n) is 42.6. The third kappa shape index (κ3) is 1190000. The molecule has 0 bridgehead atoms. The molecular weight excluding hydrogens is 1440 g/mol. The average molecular weight is 1900 g/mol. The topological polar surface area (TPSA) is 945 Å². The molecule has 0 aliphatic heterocycles. The third-order valence-corrected chi connectivity index (χ3v) is 0. The zero-order chi connectivity index (χ0) is 54.0. The molecule has 0 radical (unpaired) electrons. The van der Waals surface area contributed by atoms with Crippen molar-refractivity contribution in [1.82, 2.24) is 166 Å². The summed E-state index contributed by atoms with van der Waals surface area (Å²) in [7, 11) is 0. The molecule has 0 aromatic carbocycles. The van der Waals surface area contributed by atoms with Gasteiger partial charge in [-0.1, -0.05) is 654 Å². The monoisotopic (exact) mass is 1900 g/mol. The molecule has 27 heteroatoms. The summed E-state index contributed by atoms with van der Waals surface area (Å²) in [4.78, 5) is 0. The molecule has 0 heterocycles. The molecule has 115 heavy (non-hydrogen) atoms. The van der Waals surface area contributed by atoms with Crippen LogP contribution in [0.2, 0.25) is 38.1 Å². The molecule has 0 aromatic heterocycles. The molecule has 27 nitrogen and oxygen atoms in total. The number of hydrogen-bond acceptors (Lipinski definition) is 27. The SMILES string of the molecule is C.C.C.C.C.C.C.C.C.C.C.C.C.C.C.C.C.C.C.C.C.C.C.C.C.C.C.C.C.C.C.C.C.C.C.C.C.C.C.C.C.C.C.C.C.C.C.C.C.C.C.C.C.C.C.C.C.C.C.C.C.C.C.C.C.C.C.C.C.C.C.C.C.C.C.C.C.C.C.C.C.C.C.C.C.C.C.C.[2H]N.[2H]N.[2H]N.[2H]N.[2H]N.[2H]N.[2H]N.[2H]N.[2H]N.[2H]N.[2H]N.[2H]N.[2H]N.[2H]N.[2H]N.[2H]N.[2H]N.[2H]N.[2H]N.[2H]N.[2H]N.[2H]N.[2H]N.[2H]N.[2H]N.[2H]N.[2H]N. The highest BCUT2D eigenvalue weighted by Gasteiger charge is 0.0165. The molecule has 0 fully saturated rings. The van der Waals surface area contributed by atoms with Gasteiger partial charge in [-0.25, -0.2) is 0 Å². The van der Waals surface area contributed by atoms with Crippen molar-refractivity contribution < 1.29 is 38.1 Å². The van der Waals surface area contributed by atoms with Crippen LogP contribution in [0.3, 0.4) is 0 Å². The Bertz CT molecular complexity index is 190. The van der Waals surface area contributed by atoms with Gasteiger partial charge in [0.05, 0.1) is 0 Å². The van der Waals surface area contributed by atoms with Crippen molar-refractivity contribution >= 4 is 0 Å². The molecule has 0 atom stereocenters. The Balaban J connectivity index is -0.000000000461. The summed E-state index contributed by atoms with van der Waals surface area (Å²) in [6, 6.07) is 0. The van der Waals surface area contributed by atoms with E-state index in [-0.39, 0.29) is 654 Å².